The van der Waals surface area contributed by atoms with Crippen LogP contribution in [0.15, 0.2) is 9.70 Å². The number of thiocarbonyl (C=S) groups is 1. The first-order chi connectivity index (χ1) is 16.4. The third kappa shape index (κ3) is 5.73. The number of anilines is 1. The van der Waals surface area contributed by atoms with Crippen LogP contribution in [-0.2, 0) is 16.1 Å². The van der Waals surface area contributed by atoms with E-state index in [1.165, 1.54) is 24.6 Å². The molecule has 2 fully saturated rings. The molecule has 0 radical (unpaired) electrons. The first kappa shape index (κ1) is 26.5. The normalized spacial score (nSPS) is 18.0. The van der Waals surface area contributed by atoms with Crippen LogP contribution in [0.4, 0.5) is 5.82 Å². The van der Waals surface area contributed by atoms with Crippen molar-refractivity contribution in [1.82, 2.24) is 9.47 Å². The summed E-state index contributed by atoms with van der Waals surface area (Å²) in [6.07, 6.45) is 7.78. The van der Waals surface area contributed by atoms with Crippen molar-refractivity contribution < 1.29 is 9.53 Å². The van der Waals surface area contributed by atoms with Crippen LogP contribution in [0.2, 0.25) is 0 Å². The predicted octanol–water partition coefficient (Wildman–Crippen LogP) is 4.45. The minimum Gasteiger partial charge on any atom is -0.382 e. The number of thioether (sulfide) groups is 1. The topological polar surface area (TPSA) is 78.6 Å². The second kappa shape index (κ2) is 12.5. The van der Waals surface area contributed by atoms with Crippen LogP contribution in [-0.4, -0.2) is 52.5 Å². The van der Waals surface area contributed by atoms with E-state index < -0.39 is 0 Å². The highest BCUT2D eigenvalue weighted by Crippen LogP contribution is 2.36. The lowest BCUT2D eigenvalue weighted by atomic mass is 10.0. The Hall–Kier alpha value is -2.15. The van der Waals surface area contributed by atoms with Crippen LogP contribution >= 0.6 is 24.0 Å². The lowest BCUT2D eigenvalue weighted by Gasteiger charge is -2.29. The Morgan fingerprint density at radius 3 is 2.47 bits per heavy atom. The molecule has 34 heavy (non-hydrogen) atoms. The molecule has 0 unspecified atom stereocenters. The number of carbonyl (C=O) groups is 1. The van der Waals surface area contributed by atoms with Crippen LogP contribution < -0.4 is 10.5 Å². The molecule has 184 valence electrons. The largest absolute Gasteiger partial charge is 0.382 e. The minimum absolute atomic E-state index is 0.125. The number of hydrogen-bond donors (Lipinski definition) is 0. The fourth-order valence-corrected chi connectivity index (χ4v) is 5.78. The van der Waals surface area contributed by atoms with E-state index in [1.54, 1.807) is 9.47 Å². The van der Waals surface area contributed by atoms with Gasteiger partial charge >= 0.3 is 0 Å². The van der Waals surface area contributed by atoms with Gasteiger partial charge in [0, 0.05) is 45.0 Å². The van der Waals surface area contributed by atoms with Gasteiger partial charge in [0.25, 0.3) is 11.5 Å². The number of nitriles is 1. The quantitative estimate of drug-likeness (QED) is 0.280. The molecule has 0 saturated carbocycles. The number of carbonyl (C=O) groups excluding carboxylic acids is 1. The van der Waals surface area contributed by atoms with E-state index in [1.807, 2.05) is 26.8 Å². The van der Waals surface area contributed by atoms with Crippen molar-refractivity contribution in [2.75, 3.05) is 37.7 Å². The summed E-state index contributed by atoms with van der Waals surface area (Å²) in [5.41, 5.74) is 1.30. The Morgan fingerprint density at radius 1 is 1.15 bits per heavy atom. The zero-order valence-corrected chi connectivity index (χ0v) is 22.0. The van der Waals surface area contributed by atoms with E-state index in [-0.39, 0.29) is 17.0 Å². The summed E-state index contributed by atoms with van der Waals surface area (Å²) in [4.78, 5) is 30.9. The average Bonchev–Trinajstić information content (AvgIpc) is 2.99. The number of rotatable bonds is 9. The first-order valence-electron chi connectivity index (χ1n) is 12.2. The van der Waals surface area contributed by atoms with Gasteiger partial charge in [-0.05, 0) is 51.2 Å². The maximum atomic E-state index is 13.3. The van der Waals surface area contributed by atoms with Gasteiger partial charge in [-0.3, -0.25) is 19.1 Å². The van der Waals surface area contributed by atoms with Gasteiger partial charge in [-0.15, -0.1) is 0 Å². The molecule has 1 aromatic heterocycles. The smallest absolute Gasteiger partial charge is 0.270 e. The fourth-order valence-electron chi connectivity index (χ4n) is 4.49. The summed E-state index contributed by atoms with van der Waals surface area (Å²) in [6, 6.07) is 2.12. The molecule has 3 rings (SSSR count). The van der Waals surface area contributed by atoms with Gasteiger partial charge in [-0.1, -0.05) is 43.7 Å². The molecule has 3 heterocycles. The molecule has 0 N–H and O–H groups in total. The van der Waals surface area contributed by atoms with Crippen molar-refractivity contribution in [3.8, 4) is 6.07 Å². The number of ether oxygens (including phenoxy) is 1. The molecular weight excluding hydrogens is 468 g/mol. The molecule has 9 heteroatoms. The van der Waals surface area contributed by atoms with E-state index >= 15 is 0 Å². The van der Waals surface area contributed by atoms with Crippen LogP contribution in [0.1, 0.15) is 69.1 Å². The molecule has 0 atom stereocenters. The fraction of sp³-hybridized carbons (Fsp3) is 0.600. The van der Waals surface area contributed by atoms with Gasteiger partial charge in [-0.2, -0.15) is 5.26 Å². The molecule has 1 amide bonds. The number of aromatic nitrogens is 1. The van der Waals surface area contributed by atoms with E-state index in [9.17, 15) is 14.9 Å². The Kier molecular flexibility index (Phi) is 9.74. The Bertz CT molecular complexity index is 1050. The lowest BCUT2D eigenvalue weighted by Crippen LogP contribution is -2.35. The van der Waals surface area contributed by atoms with Gasteiger partial charge in [0.15, 0.2) is 0 Å². The number of pyridine rings is 1. The molecule has 0 bridgehead atoms. The van der Waals surface area contributed by atoms with Crippen LogP contribution in [0.25, 0.3) is 6.08 Å². The van der Waals surface area contributed by atoms with E-state index in [4.69, 9.17) is 17.0 Å². The second-order valence-corrected chi connectivity index (χ2v) is 10.3. The molecular formula is C25H34N4O3S2. The zero-order valence-electron chi connectivity index (χ0n) is 20.4. The van der Waals surface area contributed by atoms with Crippen LogP contribution in [0.5, 0.6) is 0 Å². The summed E-state index contributed by atoms with van der Waals surface area (Å²) in [6.45, 7) is 9.76. The standard InChI is InChI=1S/C25H34N4O3S2/c1-4-11-28-22(27-12-8-6-7-9-13-27)19(18(3)20(17-26)23(28)30)16-21-24(31)29(25(33)34-21)14-10-15-32-5-2/h16H,4-15H2,1-3H3. The van der Waals surface area contributed by atoms with Crippen molar-refractivity contribution in [1.29, 1.82) is 5.26 Å². The summed E-state index contributed by atoms with van der Waals surface area (Å²) in [5, 5.41) is 9.79. The van der Waals surface area contributed by atoms with Crippen molar-refractivity contribution in [2.24, 2.45) is 0 Å². The van der Waals surface area contributed by atoms with Crippen molar-refractivity contribution in [2.45, 2.75) is 65.8 Å². The van der Waals surface area contributed by atoms with Gasteiger partial charge < -0.3 is 9.64 Å². The third-order valence-corrected chi connectivity index (χ3v) is 7.60. The first-order valence-corrected chi connectivity index (χ1v) is 13.4. The molecule has 1 aromatic rings. The number of nitrogens with zero attached hydrogens (tertiary/aromatic N) is 4. The molecule has 0 spiro atoms. The van der Waals surface area contributed by atoms with Gasteiger partial charge in [0.2, 0.25) is 0 Å². The van der Waals surface area contributed by atoms with Gasteiger partial charge in [-0.25, -0.2) is 0 Å². The summed E-state index contributed by atoms with van der Waals surface area (Å²) < 4.78 is 7.67. The van der Waals surface area contributed by atoms with Crippen LogP contribution in [0.3, 0.4) is 0 Å². The molecule has 2 aliphatic heterocycles. The maximum absolute atomic E-state index is 13.3. The summed E-state index contributed by atoms with van der Waals surface area (Å²) in [5.74, 6) is 0.700. The van der Waals surface area contributed by atoms with Crippen molar-refractivity contribution >= 4 is 46.1 Å². The lowest BCUT2D eigenvalue weighted by molar-refractivity contribution is -0.122. The monoisotopic (exact) mass is 502 g/mol. The Morgan fingerprint density at radius 2 is 1.85 bits per heavy atom. The maximum Gasteiger partial charge on any atom is 0.270 e. The SMILES string of the molecule is CCCn1c(N2CCCCCC2)c(C=C2SC(=S)N(CCCOCC)C2=O)c(C)c(C#N)c1=O. The van der Waals surface area contributed by atoms with Gasteiger partial charge in [0.05, 0.1) is 4.91 Å². The minimum atomic E-state index is -0.248. The van der Waals surface area contributed by atoms with E-state index in [0.29, 0.717) is 47.5 Å². The zero-order chi connectivity index (χ0) is 24.7. The highest BCUT2D eigenvalue weighted by atomic mass is 32.2. The van der Waals surface area contributed by atoms with Gasteiger partial charge in [0.1, 0.15) is 21.8 Å². The second-order valence-electron chi connectivity index (χ2n) is 8.59. The third-order valence-electron chi connectivity index (χ3n) is 6.22. The molecule has 2 saturated heterocycles. The average molecular weight is 503 g/mol. The molecule has 7 nitrogen and oxygen atoms in total. The van der Waals surface area contributed by atoms with Crippen molar-refractivity contribution in [3.05, 3.63) is 31.9 Å². The number of hydrogen-bond acceptors (Lipinski definition) is 7. The van der Waals surface area contributed by atoms with E-state index in [2.05, 4.69) is 11.0 Å². The van der Waals surface area contributed by atoms with Crippen LogP contribution in [0, 0.1) is 18.3 Å². The molecule has 0 aliphatic carbocycles. The van der Waals surface area contributed by atoms with E-state index in [0.717, 1.165) is 43.7 Å². The molecule has 0 aromatic carbocycles. The summed E-state index contributed by atoms with van der Waals surface area (Å²) in [7, 11) is 0. The molecule has 2 aliphatic rings. The van der Waals surface area contributed by atoms with Crippen molar-refractivity contribution in [3.63, 3.8) is 0 Å². The Balaban J connectivity index is 2.09. The predicted molar refractivity (Wildman–Crippen MR) is 142 cm³/mol. The Labute approximate surface area is 211 Å². The highest BCUT2D eigenvalue weighted by molar-refractivity contribution is 8.26. The number of amides is 1. The highest BCUT2D eigenvalue weighted by Gasteiger charge is 2.33. The summed E-state index contributed by atoms with van der Waals surface area (Å²) >= 11 is 6.79.